The second-order valence-corrected chi connectivity index (χ2v) is 17.9. The van der Waals surface area contributed by atoms with E-state index in [2.05, 4.69) is 31.8 Å². The fourth-order valence-corrected chi connectivity index (χ4v) is 5.56. The molecule has 3 rings (SSSR count). The van der Waals surface area contributed by atoms with Crippen molar-refractivity contribution in [1.29, 1.82) is 0 Å². The molecule has 22 heteroatoms. The van der Waals surface area contributed by atoms with E-state index < -0.39 is 61.6 Å². The maximum atomic E-state index is 12.9. The van der Waals surface area contributed by atoms with Gasteiger partial charge in [0.2, 0.25) is 5.91 Å². The van der Waals surface area contributed by atoms with Crippen LogP contribution in [0.15, 0.2) is 52.1 Å². The van der Waals surface area contributed by atoms with Crippen molar-refractivity contribution >= 4 is 65.2 Å². The number of carbonyl (C=O) groups is 3. The van der Waals surface area contributed by atoms with Crippen LogP contribution in [0.25, 0.3) is 5.69 Å². The number of hydrogen-bond donors (Lipinski definition) is 3. The van der Waals surface area contributed by atoms with Crippen LogP contribution in [0.4, 0.5) is 18.9 Å². The summed E-state index contributed by atoms with van der Waals surface area (Å²) in [6.45, 7) is 9.31. The van der Waals surface area contributed by atoms with Crippen molar-refractivity contribution in [1.82, 2.24) is 14.5 Å². The van der Waals surface area contributed by atoms with Gasteiger partial charge in [0.25, 0.3) is 5.56 Å². The van der Waals surface area contributed by atoms with Crippen LogP contribution in [0.1, 0.15) is 54.9 Å². The summed E-state index contributed by atoms with van der Waals surface area (Å²) in [6.07, 6.45) is 1.45. The van der Waals surface area contributed by atoms with E-state index in [1.54, 1.807) is 25.9 Å². The van der Waals surface area contributed by atoms with E-state index in [9.17, 15) is 46.6 Å². The number of aromatic nitrogens is 2. The van der Waals surface area contributed by atoms with Crippen molar-refractivity contribution in [3.05, 3.63) is 90.7 Å². The predicted molar refractivity (Wildman–Crippen MR) is 223 cm³/mol. The standard InChI is InChI=1S/C16H14ClF3N2O4.C15H22ClNO2.C3H8NO5P.C3H9S/c1-8(2)26-14(24)10-6-9(4-5-11(10)17)22-13(23)7-12(16(18,19)20)21(3)15(22)25;1-5-13-8-6-7-11(2)15(13)17(14(18)9-16)12(3)10-19-4;5-3(6)1-4-2-10(7,8)9;1-4(2)3/h4-8H,1-3H3;6-8,12H,5,9-10H2,1-4H3;4H,1-2H2,(H,5,6)(H2,7,8,9);1-3H3/q;;;+1/p-1. The molecule has 0 aliphatic heterocycles. The van der Waals surface area contributed by atoms with Gasteiger partial charge in [-0.2, -0.15) is 13.2 Å². The minimum absolute atomic E-state index is 0.0104. The second-order valence-electron chi connectivity index (χ2n) is 13.1. The van der Waals surface area contributed by atoms with Gasteiger partial charge in [0.15, 0.2) is 0 Å². The highest BCUT2D eigenvalue weighted by Crippen LogP contribution is 2.29. The summed E-state index contributed by atoms with van der Waals surface area (Å²) in [5.41, 5.74) is -0.794. The van der Waals surface area contributed by atoms with Crippen molar-refractivity contribution in [2.24, 2.45) is 7.05 Å². The van der Waals surface area contributed by atoms with Crippen LogP contribution in [-0.2, 0) is 54.2 Å². The summed E-state index contributed by atoms with van der Waals surface area (Å²) in [5.74, 6) is -2.07. The Balaban J connectivity index is 0.000000888. The minimum Gasteiger partial charge on any atom is -0.778 e. The van der Waals surface area contributed by atoms with E-state index in [4.69, 9.17) is 42.7 Å². The number of anilines is 1. The SMILES string of the molecule is CC(C)OC(=O)c1cc(-n2c(=O)cc(C(F)(F)F)n(C)c2=O)ccc1Cl.CCc1cccc(C)c1N(C(=O)CCl)C(C)COC.C[S+](C)C.O=C(O)CNCP(=O)([O-])O. The van der Waals surface area contributed by atoms with Gasteiger partial charge >= 0.3 is 23.8 Å². The van der Waals surface area contributed by atoms with Crippen molar-refractivity contribution in [3.63, 3.8) is 0 Å². The second kappa shape index (κ2) is 25.8. The first-order valence-corrected chi connectivity index (χ1v) is 22.6. The van der Waals surface area contributed by atoms with Crippen LogP contribution in [0.2, 0.25) is 5.02 Å². The van der Waals surface area contributed by atoms with Gasteiger partial charge in [-0.25, -0.2) is 14.2 Å². The number of para-hydroxylation sites is 1. The van der Waals surface area contributed by atoms with Gasteiger partial charge in [0, 0.05) is 20.2 Å². The van der Waals surface area contributed by atoms with Crippen LogP contribution >= 0.6 is 30.8 Å². The smallest absolute Gasteiger partial charge is 0.431 e. The quantitative estimate of drug-likeness (QED) is 0.0931. The third-order valence-corrected chi connectivity index (χ3v) is 8.33. The lowest BCUT2D eigenvalue weighted by Crippen LogP contribution is -2.43. The number of ether oxygens (including phenoxy) is 2. The largest absolute Gasteiger partial charge is 0.778 e. The molecule has 0 radical (unpaired) electrons. The molecule has 2 atom stereocenters. The Morgan fingerprint density at radius 3 is 2.12 bits per heavy atom. The highest BCUT2D eigenvalue weighted by molar-refractivity contribution is 7.94. The fourth-order valence-electron chi connectivity index (χ4n) is 4.85. The number of hydrogen-bond acceptors (Lipinski definition) is 10. The van der Waals surface area contributed by atoms with Crippen LogP contribution in [0.3, 0.4) is 0 Å². The Bertz CT molecular complexity index is 2020. The number of carboxylic acid groups (broad SMARTS) is 1. The van der Waals surface area contributed by atoms with Crippen molar-refractivity contribution in [2.45, 2.75) is 59.4 Å². The molecule has 0 aliphatic rings. The van der Waals surface area contributed by atoms with Crippen molar-refractivity contribution in [3.8, 4) is 5.69 Å². The summed E-state index contributed by atoms with van der Waals surface area (Å²) >= 11 is 11.7. The summed E-state index contributed by atoms with van der Waals surface area (Å²) in [6, 6.07) is 9.95. The molecule has 1 aromatic heterocycles. The number of aliphatic carboxylic acids is 1. The first kappa shape index (κ1) is 55.3. The number of rotatable bonds is 13. The highest BCUT2D eigenvalue weighted by atomic mass is 35.5. The molecule has 0 bridgehead atoms. The van der Waals surface area contributed by atoms with Gasteiger partial charge in [-0.15, -0.1) is 11.6 Å². The molecule has 1 heterocycles. The zero-order chi connectivity index (χ0) is 46.0. The number of amides is 1. The molecule has 59 heavy (non-hydrogen) atoms. The monoisotopic (exact) mass is 918 g/mol. The molecular weight excluding hydrogens is 867 g/mol. The normalized spacial score (nSPS) is 12.5. The Morgan fingerprint density at radius 2 is 1.66 bits per heavy atom. The molecule has 2 unspecified atom stereocenters. The zero-order valence-corrected chi connectivity index (χ0v) is 37.6. The lowest BCUT2D eigenvalue weighted by Gasteiger charge is -2.31. The number of nitrogens with one attached hydrogen (secondary N) is 1. The van der Waals surface area contributed by atoms with Gasteiger partial charge in [0.05, 0.1) is 72.3 Å². The molecule has 3 N–H and O–H groups in total. The summed E-state index contributed by atoms with van der Waals surface area (Å²) < 4.78 is 59.7. The molecule has 0 fully saturated rings. The minimum atomic E-state index is -4.86. The van der Waals surface area contributed by atoms with E-state index in [0.29, 0.717) is 32.7 Å². The molecule has 0 aliphatic carbocycles. The number of nitrogens with zero attached hydrogens (tertiary/aromatic N) is 3. The van der Waals surface area contributed by atoms with Crippen molar-refractivity contribution in [2.75, 3.05) is 56.1 Å². The molecular formula is C37H52Cl2F3N4O11PS. The molecule has 0 spiro atoms. The van der Waals surface area contributed by atoms with E-state index in [0.717, 1.165) is 36.3 Å². The van der Waals surface area contributed by atoms with Gasteiger partial charge in [-0.1, -0.05) is 36.7 Å². The first-order chi connectivity index (χ1) is 27.1. The summed E-state index contributed by atoms with van der Waals surface area (Å²) in [5, 5.41) is 9.98. The zero-order valence-electron chi connectivity index (χ0n) is 34.4. The number of esters is 1. The lowest BCUT2D eigenvalue weighted by molar-refractivity contribution is -0.193. The maximum Gasteiger partial charge on any atom is 0.431 e. The number of methoxy groups -OCH3 is 1. The Kier molecular flexibility index (Phi) is 24.2. The van der Waals surface area contributed by atoms with E-state index >= 15 is 0 Å². The fraction of sp³-hybridized carbons (Fsp3) is 0.486. The molecule has 0 saturated heterocycles. The molecule has 0 saturated carbocycles. The average molecular weight is 920 g/mol. The van der Waals surface area contributed by atoms with Crippen LogP contribution in [-0.4, -0.2) is 100 Å². The Hall–Kier alpha value is -3.68. The number of aryl methyl sites for hydroxylation is 2. The number of halogens is 5. The number of benzene rings is 2. The van der Waals surface area contributed by atoms with E-state index in [-0.39, 0.29) is 34.1 Å². The van der Waals surface area contributed by atoms with Crippen LogP contribution in [0, 0.1) is 6.92 Å². The van der Waals surface area contributed by atoms with Crippen molar-refractivity contribution < 1.29 is 56.5 Å². The Morgan fingerprint density at radius 1 is 1.08 bits per heavy atom. The molecule has 15 nitrogen and oxygen atoms in total. The number of alkyl halides is 4. The molecule has 1 amide bonds. The highest BCUT2D eigenvalue weighted by Gasteiger charge is 2.35. The van der Waals surface area contributed by atoms with Crippen LogP contribution in [0.5, 0.6) is 0 Å². The number of carbonyl (C=O) groups excluding carboxylic acids is 2. The van der Waals surface area contributed by atoms with Gasteiger partial charge in [-0.3, -0.25) is 24.3 Å². The average Bonchev–Trinajstić information content (AvgIpc) is 3.10. The number of carboxylic acids is 1. The topological polar surface area (TPSA) is 210 Å². The van der Waals surface area contributed by atoms with Crippen LogP contribution < -0.4 is 26.4 Å². The van der Waals surface area contributed by atoms with Gasteiger partial charge in [0.1, 0.15) is 19.2 Å². The third kappa shape index (κ3) is 19.5. The maximum absolute atomic E-state index is 12.9. The first-order valence-electron chi connectivity index (χ1n) is 17.5. The van der Waals surface area contributed by atoms with Gasteiger partial charge < -0.3 is 33.8 Å². The van der Waals surface area contributed by atoms with E-state index in [1.807, 2.05) is 31.3 Å². The van der Waals surface area contributed by atoms with E-state index in [1.165, 1.54) is 12.1 Å². The molecule has 332 valence electrons. The summed E-state index contributed by atoms with van der Waals surface area (Å²) in [7, 11) is -1.18. The molecule has 3 aromatic rings. The molecule has 2 aromatic carbocycles. The predicted octanol–water partition coefficient (Wildman–Crippen LogP) is 4.60. The summed E-state index contributed by atoms with van der Waals surface area (Å²) in [4.78, 5) is 78.2. The lowest BCUT2D eigenvalue weighted by atomic mass is 10.0. The Labute approximate surface area is 353 Å². The third-order valence-electron chi connectivity index (χ3n) is 7.14. The van der Waals surface area contributed by atoms with Gasteiger partial charge in [-0.05, 0) is 74.3 Å².